The first-order valence-corrected chi connectivity index (χ1v) is 13.3. The molecule has 2 aliphatic rings. The van der Waals surface area contributed by atoms with Crippen molar-refractivity contribution >= 4 is 46.1 Å². The fourth-order valence-electron chi connectivity index (χ4n) is 5.16. The first-order valence-electron chi connectivity index (χ1n) is 13.3. The fourth-order valence-corrected chi connectivity index (χ4v) is 5.16. The second kappa shape index (κ2) is 12.3. The van der Waals surface area contributed by atoms with Crippen molar-refractivity contribution in [1.29, 1.82) is 5.26 Å². The quantitative estimate of drug-likeness (QED) is 0.153. The topological polar surface area (TPSA) is 177 Å². The molecular weight excluding hydrogens is 560 g/mol. The first-order chi connectivity index (χ1) is 20.4. The molecule has 4 rings (SSSR count). The molecule has 14 heteroatoms. The number of azo groups is 1. The third-order valence-corrected chi connectivity index (χ3v) is 7.10. The summed E-state index contributed by atoms with van der Waals surface area (Å²) in [5.74, 6) is -1.07. The van der Waals surface area contributed by atoms with Gasteiger partial charge in [0.2, 0.25) is 0 Å². The minimum atomic E-state index is -0.681. The number of imide groups is 1. The van der Waals surface area contributed by atoms with Crippen molar-refractivity contribution in [3.8, 4) is 17.6 Å². The lowest BCUT2D eigenvalue weighted by Crippen LogP contribution is -2.46. The molecule has 14 nitrogen and oxygen atoms in total. The third kappa shape index (κ3) is 6.15. The minimum absolute atomic E-state index is 0.0187. The van der Waals surface area contributed by atoms with E-state index in [1.807, 2.05) is 26.8 Å². The Morgan fingerprint density at radius 3 is 2.44 bits per heavy atom. The Morgan fingerprint density at radius 1 is 1.14 bits per heavy atom. The Bertz CT molecular complexity index is 1590. The maximum absolute atomic E-state index is 12.4. The number of hydrogen-bond acceptors (Lipinski definition) is 12. The number of benzene rings is 2. The summed E-state index contributed by atoms with van der Waals surface area (Å²) in [6.45, 7) is 6.37. The summed E-state index contributed by atoms with van der Waals surface area (Å²) in [7, 11) is 2.94. The van der Waals surface area contributed by atoms with Crippen LogP contribution in [-0.2, 0) is 19.2 Å². The van der Waals surface area contributed by atoms with Crippen LogP contribution < -0.4 is 14.4 Å². The Hall–Kier alpha value is -5.32. The number of amides is 2. The van der Waals surface area contributed by atoms with E-state index >= 15 is 0 Å². The van der Waals surface area contributed by atoms with E-state index in [9.17, 15) is 29.8 Å². The van der Waals surface area contributed by atoms with Crippen molar-refractivity contribution in [3.63, 3.8) is 0 Å². The number of nitriles is 1. The van der Waals surface area contributed by atoms with Gasteiger partial charge in [0.05, 0.1) is 35.9 Å². The molecule has 0 bridgehead atoms. The van der Waals surface area contributed by atoms with Gasteiger partial charge in [-0.15, -0.1) is 15.3 Å². The van der Waals surface area contributed by atoms with E-state index in [2.05, 4.69) is 21.2 Å². The van der Waals surface area contributed by atoms with Crippen LogP contribution in [0.1, 0.15) is 57.6 Å². The molecule has 2 heterocycles. The maximum Gasteiger partial charge on any atom is 0.333 e. The number of ether oxygens (including phenoxy) is 2. The number of hydrogen-bond donors (Lipinski definition) is 0. The number of allylic oxidation sites excluding steroid dienone is 1. The van der Waals surface area contributed by atoms with Crippen molar-refractivity contribution < 1.29 is 33.6 Å². The molecule has 0 saturated carbocycles. The summed E-state index contributed by atoms with van der Waals surface area (Å²) >= 11 is 0. The highest BCUT2D eigenvalue weighted by molar-refractivity contribution is 6.01. The van der Waals surface area contributed by atoms with Crippen LogP contribution in [0.4, 0.5) is 22.7 Å². The smallest absolute Gasteiger partial charge is 0.333 e. The molecule has 224 valence electrons. The van der Waals surface area contributed by atoms with E-state index in [-0.39, 0.29) is 41.9 Å². The van der Waals surface area contributed by atoms with Gasteiger partial charge in [0.15, 0.2) is 17.2 Å². The molecule has 0 N–H and O–H groups in total. The zero-order valence-corrected chi connectivity index (χ0v) is 24.4. The average Bonchev–Trinajstić information content (AvgIpc) is 3.28. The molecule has 43 heavy (non-hydrogen) atoms. The number of nitrogens with zero attached hydrogens (tertiary/aromatic N) is 6. The maximum atomic E-state index is 12.4. The summed E-state index contributed by atoms with van der Waals surface area (Å²) in [5, 5.41) is 29.7. The summed E-state index contributed by atoms with van der Waals surface area (Å²) in [4.78, 5) is 53.5. The van der Waals surface area contributed by atoms with E-state index < -0.39 is 28.2 Å². The number of methoxy groups -OCH3 is 2. The van der Waals surface area contributed by atoms with E-state index in [0.717, 1.165) is 22.9 Å². The average molecular weight is 591 g/mol. The lowest BCUT2D eigenvalue weighted by molar-refractivity contribution is -0.384. The van der Waals surface area contributed by atoms with Gasteiger partial charge in [-0.25, -0.2) is 4.79 Å². The molecule has 2 amide bonds. The SMILES string of the molecule is COc1cc2c(c(OC)c1N=Nc1ccc([N+](=O)[O-])cc1C#N)C(C)=CC(C)(C)N2CCCC(=O)ON1C(=O)CCC1=O. The molecule has 0 aromatic heterocycles. The lowest BCUT2D eigenvalue weighted by Gasteiger charge is -2.44. The third-order valence-electron chi connectivity index (χ3n) is 7.10. The second-order valence-electron chi connectivity index (χ2n) is 10.4. The van der Waals surface area contributed by atoms with Crippen LogP contribution in [0.3, 0.4) is 0 Å². The Labute approximate surface area is 247 Å². The van der Waals surface area contributed by atoms with Gasteiger partial charge < -0.3 is 19.2 Å². The highest BCUT2D eigenvalue weighted by atomic mass is 16.7. The second-order valence-corrected chi connectivity index (χ2v) is 10.4. The van der Waals surface area contributed by atoms with Gasteiger partial charge in [-0.3, -0.25) is 19.7 Å². The number of nitro benzene ring substituents is 1. The zero-order chi connectivity index (χ0) is 31.5. The number of nitro groups is 1. The van der Waals surface area contributed by atoms with Crippen molar-refractivity contribution in [2.45, 2.75) is 52.0 Å². The Morgan fingerprint density at radius 2 is 1.84 bits per heavy atom. The highest BCUT2D eigenvalue weighted by Gasteiger charge is 2.36. The number of non-ortho nitro benzene ring substituents is 1. The van der Waals surface area contributed by atoms with Crippen molar-refractivity contribution in [3.05, 3.63) is 51.6 Å². The van der Waals surface area contributed by atoms with Gasteiger partial charge in [0.25, 0.3) is 17.5 Å². The van der Waals surface area contributed by atoms with Gasteiger partial charge >= 0.3 is 5.97 Å². The normalized spacial score (nSPS) is 15.7. The number of carbonyl (C=O) groups excluding carboxylic acids is 3. The molecular formula is C29H30N6O8. The number of rotatable bonds is 10. The van der Waals surface area contributed by atoms with Gasteiger partial charge in [-0.2, -0.15) is 5.26 Å². The summed E-state index contributed by atoms with van der Waals surface area (Å²) < 4.78 is 11.5. The van der Waals surface area contributed by atoms with Crippen LogP contribution in [0, 0.1) is 21.4 Å². The molecule has 0 radical (unpaired) electrons. The van der Waals surface area contributed by atoms with Crippen molar-refractivity contribution in [2.75, 3.05) is 25.7 Å². The Balaban J connectivity index is 1.65. The minimum Gasteiger partial charge on any atom is -0.494 e. The molecule has 0 unspecified atom stereocenters. The van der Waals surface area contributed by atoms with Crippen LogP contribution in [0.15, 0.2) is 40.6 Å². The van der Waals surface area contributed by atoms with E-state index in [0.29, 0.717) is 29.5 Å². The molecule has 0 aliphatic carbocycles. The summed E-state index contributed by atoms with van der Waals surface area (Å²) in [5.41, 5.74) is 2.01. The largest absolute Gasteiger partial charge is 0.494 e. The molecule has 2 aliphatic heterocycles. The van der Waals surface area contributed by atoms with Gasteiger partial charge in [-0.05, 0) is 38.8 Å². The highest BCUT2D eigenvalue weighted by Crippen LogP contribution is 2.52. The summed E-state index contributed by atoms with van der Waals surface area (Å²) in [6.07, 6.45) is 2.42. The number of carbonyl (C=O) groups is 3. The monoisotopic (exact) mass is 590 g/mol. The molecule has 0 atom stereocenters. The molecule has 0 spiro atoms. The van der Waals surface area contributed by atoms with Crippen LogP contribution in [0.5, 0.6) is 11.5 Å². The number of anilines is 1. The lowest BCUT2D eigenvalue weighted by atomic mass is 9.87. The zero-order valence-electron chi connectivity index (χ0n) is 24.4. The molecule has 2 aromatic carbocycles. The van der Waals surface area contributed by atoms with Gasteiger partial charge in [-0.1, -0.05) is 6.08 Å². The van der Waals surface area contributed by atoms with Crippen molar-refractivity contribution in [2.24, 2.45) is 10.2 Å². The summed E-state index contributed by atoms with van der Waals surface area (Å²) in [6, 6.07) is 7.39. The molecule has 1 saturated heterocycles. The van der Waals surface area contributed by atoms with E-state index in [1.165, 1.54) is 26.4 Å². The van der Waals surface area contributed by atoms with Crippen LogP contribution in [0.2, 0.25) is 0 Å². The standard InChI is InChI=1S/C29H30N6O8/c1-17-15-29(2,3)33(12-6-7-25(38)43-34-23(36)10-11-24(34)37)21-14-22(41-4)27(28(42-5)26(17)21)32-31-20-9-8-19(35(39)40)13-18(20)16-30/h8-9,13-15H,6-7,10-12H2,1-5H3. The Kier molecular flexibility index (Phi) is 8.74. The predicted octanol–water partition coefficient (Wildman–Crippen LogP) is 5.29. The first kappa shape index (κ1) is 30.6. The van der Waals surface area contributed by atoms with Crippen LogP contribution in [0.25, 0.3) is 5.57 Å². The predicted molar refractivity (Wildman–Crippen MR) is 153 cm³/mol. The fraction of sp³-hybridized carbons (Fsp3) is 0.379. The van der Waals surface area contributed by atoms with Gasteiger partial charge in [0, 0.05) is 49.6 Å². The van der Waals surface area contributed by atoms with E-state index in [4.69, 9.17) is 14.3 Å². The van der Waals surface area contributed by atoms with E-state index in [1.54, 1.807) is 6.07 Å². The molecule has 2 aromatic rings. The number of hydroxylamine groups is 2. The molecule has 1 fully saturated rings. The number of fused-ring (bicyclic) bond motifs is 1. The van der Waals surface area contributed by atoms with Crippen LogP contribution >= 0.6 is 0 Å². The van der Waals surface area contributed by atoms with Gasteiger partial charge in [0.1, 0.15) is 11.8 Å². The van der Waals surface area contributed by atoms with Crippen molar-refractivity contribution in [1.82, 2.24) is 5.06 Å². The van der Waals surface area contributed by atoms with Crippen LogP contribution in [-0.4, -0.2) is 54.1 Å².